The van der Waals surface area contributed by atoms with Gasteiger partial charge < -0.3 is 10.6 Å². The lowest BCUT2D eigenvalue weighted by Crippen LogP contribution is -2.39. The van der Waals surface area contributed by atoms with Gasteiger partial charge >= 0.3 is 0 Å². The van der Waals surface area contributed by atoms with Crippen LogP contribution in [0.4, 0.5) is 5.82 Å². The van der Waals surface area contributed by atoms with E-state index >= 15 is 0 Å². The van der Waals surface area contributed by atoms with Crippen LogP contribution in [-0.4, -0.2) is 40.4 Å². The molecule has 1 saturated heterocycles. The van der Waals surface area contributed by atoms with E-state index in [0.29, 0.717) is 6.54 Å². The van der Waals surface area contributed by atoms with Crippen LogP contribution < -0.4 is 10.6 Å². The zero-order valence-corrected chi connectivity index (χ0v) is 12.5. The van der Waals surface area contributed by atoms with Crippen LogP contribution in [0.5, 0.6) is 0 Å². The topological polar surface area (TPSA) is 47.1 Å². The molecule has 0 amide bonds. The van der Waals surface area contributed by atoms with Crippen molar-refractivity contribution in [1.82, 2.24) is 9.78 Å². The average molecular weight is 268 g/mol. The van der Waals surface area contributed by atoms with Gasteiger partial charge in [-0.1, -0.05) is 6.92 Å². The molecule has 4 nitrogen and oxygen atoms in total. The lowest BCUT2D eigenvalue weighted by molar-refractivity contribution is 0.672. The summed E-state index contributed by atoms with van der Waals surface area (Å²) in [6.45, 7) is 7.32. The van der Waals surface area contributed by atoms with Gasteiger partial charge in [0.25, 0.3) is 0 Å². The molecule has 18 heavy (non-hydrogen) atoms. The summed E-state index contributed by atoms with van der Waals surface area (Å²) < 4.78 is 2.03. The van der Waals surface area contributed by atoms with Crippen LogP contribution in [0.15, 0.2) is 0 Å². The molecule has 1 atom stereocenters. The van der Waals surface area contributed by atoms with E-state index in [9.17, 15) is 0 Å². The van der Waals surface area contributed by atoms with Crippen LogP contribution >= 0.6 is 11.8 Å². The molecule has 1 fully saturated rings. The third-order valence-electron chi connectivity index (χ3n) is 3.60. The minimum absolute atomic E-state index is 0.694. The molecule has 1 unspecified atom stereocenters. The SMILES string of the molecule is CCC1CN(c2c(CCN)c(C)nn2C)CCS1. The molecule has 2 N–H and O–H groups in total. The highest BCUT2D eigenvalue weighted by atomic mass is 32.2. The molecule has 2 heterocycles. The van der Waals surface area contributed by atoms with Crippen molar-refractivity contribution in [2.45, 2.75) is 31.9 Å². The van der Waals surface area contributed by atoms with Crippen LogP contribution in [0.25, 0.3) is 0 Å². The number of nitrogens with two attached hydrogens (primary N) is 1. The summed E-state index contributed by atoms with van der Waals surface area (Å²) in [5.74, 6) is 2.50. The van der Waals surface area contributed by atoms with Crippen molar-refractivity contribution in [1.29, 1.82) is 0 Å². The summed E-state index contributed by atoms with van der Waals surface area (Å²) >= 11 is 2.10. The Balaban J connectivity index is 2.25. The number of hydrogen-bond donors (Lipinski definition) is 1. The molecule has 0 aromatic carbocycles. The number of aromatic nitrogens is 2. The number of aryl methyl sites for hydroxylation is 2. The van der Waals surface area contributed by atoms with E-state index < -0.39 is 0 Å². The minimum atomic E-state index is 0.694. The van der Waals surface area contributed by atoms with Crippen LogP contribution in [0.1, 0.15) is 24.6 Å². The Morgan fingerprint density at radius 3 is 2.94 bits per heavy atom. The van der Waals surface area contributed by atoms with Gasteiger partial charge in [0, 0.05) is 36.7 Å². The van der Waals surface area contributed by atoms with E-state index in [1.165, 1.54) is 23.6 Å². The number of hydrogen-bond acceptors (Lipinski definition) is 4. The number of thioether (sulfide) groups is 1. The van der Waals surface area contributed by atoms with Crippen molar-refractivity contribution in [2.24, 2.45) is 12.8 Å². The summed E-state index contributed by atoms with van der Waals surface area (Å²) in [4.78, 5) is 2.50. The summed E-state index contributed by atoms with van der Waals surface area (Å²) in [5.41, 5.74) is 8.19. The van der Waals surface area contributed by atoms with Crippen molar-refractivity contribution in [2.75, 3.05) is 30.3 Å². The fourth-order valence-electron chi connectivity index (χ4n) is 2.68. The fraction of sp³-hybridized carbons (Fsp3) is 0.769. The Morgan fingerprint density at radius 2 is 2.28 bits per heavy atom. The predicted molar refractivity (Wildman–Crippen MR) is 79.5 cm³/mol. The highest BCUT2D eigenvalue weighted by Gasteiger charge is 2.24. The second-order valence-electron chi connectivity index (χ2n) is 4.90. The molecular formula is C13H24N4S. The summed E-state index contributed by atoms with van der Waals surface area (Å²) in [5, 5.41) is 5.32. The van der Waals surface area contributed by atoms with Crippen molar-refractivity contribution < 1.29 is 0 Å². The standard InChI is InChI=1S/C13H24N4S/c1-4-11-9-17(7-8-18-11)13-12(5-6-14)10(2)15-16(13)3/h11H,4-9,14H2,1-3H3. The first kappa shape index (κ1) is 13.7. The van der Waals surface area contributed by atoms with Gasteiger partial charge in [-0.2, -0.15) is 16.9 Å². The van der Waals surface area contributed by atoms with Crippen LogP contribution in [0.2, 0.25) is 0 Å². The van der Waals surface area contributed by atoms with Gasteiger partial charge in [0.15, 0.2) is 0 Å². The minimum Gasteiger partial charge on any atom is -0.355 e. The first-order chi connectivity index (χ1) is 8.67. The Kier molecular flexibility index (Phi) is 4.56. The van der Waals surface area contributed by atoms with Gasteiger partial charge in [-0.25, -0.2) is 0 Å². The van der Waals surface area contributed by atoms with E-state index in [0.717, 1.165) is 30.5 Å². The molecule has 0 spiro atoms. The largest absolute Gasteiger partial charge is 0.355 e. The Morgan fingerprint density at radius 1 is 1.50 bits per heavy atom. The third kappa shape index (κ3) is 2.67. The van der Waals surface area contributed by atoms with E-state index in [1.54, 1.807) is 0 Å². The molecule has 102 valence electrons. The molecule has 0 bridgehead atoms. The van der Waals surface area contributed by atoms with Crippen molar-refractivity contribution in [3.63, 3.8) is 0 Å². The molecule has 2 rings (SSSR count). The number of anilines is 1. The molecule has 1 aliphatic rings. The van der Waals surface area contributed by atoms with E-state index in [-0.39, 0.29) is 0 Å². The Bertz CT molecular complexity index is 402. The van der Waals surface area contributed by atoms with Gasteiger partial charge in [0.1, 0.15) is 5.82 Å². The summed E-state index contributed by atoms with van der Waals surface area (Å²) in [6.07, 6.45) is 2.17. The highest BCUT2D eigenvalue weighted by Crippen LogP contribution is 2.29. The molecule has 1 aromatic heterocycles. The molecule has 0 aliphatic carbocycles. The smallest absolute Gasteiger partial charge is 0.130 e. The average Bonchev–Trinajstić information content (AvgIpc) is 2.65. The maximum atomic E-state index is 5.73. The lowest BCUT2D eigenvalue weighted by atomic mass is 10.1. The van der Waals surface area contributed by atoms with E-state index in [2.05, 4.69) is 35.6 Å². The molecule has 5 heteroatoms. The van der Waals surface area contributed by atoms with Crippen LogP contribution in [-0.2, 0) is 13.5 Å². The van der Waals surface area contributed by atoms with Gasteiger partial charge in [-0.15, -0.1) is 0 Å². The van der Waals surface area contributed by atoms with Crippen molar-refractivity contribution in [3.05, 3.63) is 11.3 Å². The maximum absolute atomic E-state index is 5.73. The summed E-state index contributed by atoms with van der Waals surface area (Å²) in [6, 6.07) is 0. The van der Waals surface area contributed by atoms with Gasteiger partial charge in [0.05, 0.1) is 5.69 Å². The number of nitrogens with zero attached hydrogens (tertiary/aromatic N) is 3. The molecule has 1 aliphatic heterocycles. The molecular weight excluding hydrogens is 244 g/mol. The van der Waals surface area contributed by atoms with Crippen molar-refractivity contribution in [3.8, 4) is 0 Å². The van der Waals surface area contributed by atoms with Crippen LogP contribution in [0.3, 0.4) is 0 Å². The quantitative estimate of drug-likeness (QED) is 0.900. The summed E-state index contributed by atoms with van der Waals surface area (Å²) in [7, 11) is 2.05. The first-order valence-electron chi connectivity index (χ1n) is 6.76. The monoisotopic (exact) mass is 268 g/mol. The van der Waals surface area contributed by atoms with Gasteiger partial charge in [0.2, 0.25) is 0 Å². The van der Waals surface area contributed by atoms with Gasteiger partial charge in [-0.05, 0) is 26.3 Å². The van der Waals surface area contributed by atoms with Crippen LogP contribution in [0, 0.1) is 6.92 Å². The first-order valence-corrected chi connectivity index (χ1v) is 7.81. The van der Waals surface area contributed by atoms with Crippen molar-refractivity contribution >= 4 is 17.6 Å². The second kappa shape index (κ2) is 5.97. The normalized spacial score (nSPS) is 20.4. The predicted octanol–water partition coefficient (Wildman–Crippen LogP) is 1.56. The van der Waals surface area contributed by atoms with Gasteiger partial charge in [-0.3, -0.25) is 4.68 Å². The van der Waals surface area contributed by atoms with E-state index in [4.69, 9.17) is 5.73 Å². The lowest BCUT2D eigenvalue weighted by Gasteiger charge is -2.34. The maximum Gasteiger partial charge on any atom is 0.130 e. The second-order valence-corrected chi connectivity index (χ2v) is 6.31. The zero-order chi connectivity index (χ0) is 13.1. The highest BCUT2D eigenvalue weighted by molar-refractivity contribution is 8.00. The molecule has 0 radical (unpaired) electrons. The Labute approximate surface area is 114 Å². The fourth-order valence-corrected chi connectivity index (χ4v) is 3.86. The molecule has 1 aromatic rings. The number of rotatable bonds is 4. The Hall–Kier alpha value is -0.680. The molecule has 0 saturated carbocycles. The third-order valence-corrected chi connectivity index (χ3v) is 4.97. The van der Waals surface area contributed by atoms with E-state index in [1.807, 2.05) is 11.7 Å². The zero-order valence-electron chi connectivity index (χ0n) is 11.6.